The monoisotopic (exact) mass is 310 g/mol. The van der Waals surface area contributed by atoms with Crippen LogP contribution in [0.25, 0.3) is 0 Å². The zero-order valence-corrected chi connectivity index (χ0v) is 11.8. The van der Waals surface area contributed by atoms with Gasteiger partial charge in [0.2, 0.25) is 5.88 Å². The minimum Gasteiger partial charge on any atom is -0.439 e. The minimum atomic E-state index is -0.575. The lowest BCUT2D eigenvalue weighted by atomic mass is 10.2. The van der Waals surface area contributed by atoms with Gasteiger partial charge in [0.05, 0.1) is 11.2 Å². The Balaban J connectivity index is 1.80. The van der Waals surface area contributed by atoms with E-state index in [2.05, 4.69) is 10.3 Å². The SMILES string of the molecule is Fc1cnc(Oc2ccc(Cl)c(F)c2)c(CNC2CC2)c1. The van der Waals surface area contributed by atoms with Crippen LogP contribution in [0, 0.1) is 11.6 Å². The minimum absolute atomic E-state index is 0.0186. The van der Waals surface area contributed by atoms with Crippen molar-refractivity contribution in [3.63, 3.8) is 0 Å². The van der Waals surface area contributed by atoms with E-state index >= 15 is 0 Å². The average Bonchev–Trinajstić information content (AvgIpc) is 3.27. The topological polar surface area (TPSA) is 34.1 Å². The van der Waals surface area contributed by atoms with Crippen LogP contribution in [-0.2, 0) is 6.54 Å². The van der Waals surface area contributed by atoms with Crippen molar-refractivity contribution in [3.8, 4) is 11.6 Å². The number of nitrogens with zero attached hydrogens (tertiary/aromatic N) is 1. The van der Waals surface area contributed by atoms with Crippen LogP contribution in [0.3, 0.4) is 0 Å². The largest absolute Gasteiger partial charge is 0.439 e. The maximum atomic E-state index is 13.4. The molecule has 21 heavy (non-hydrogen) atoms. The number of pyridine rings is 1. The molecule has 3 nitrogen and oxygen atoms in total. The van der Waals surface area contributed by atoms with Crippen molar-refractivity contribution in [2.75, 3.05) is 0 Å². The number of rotatable bonds is 5. The number of aromatic nitrogens is 1. The molecule has 0 saturated heterocycles. The van der Waals surface area contributed by atoms with Gasteiger partial charge in [-0.1, -0.05) is 11.6 Å². The van der Waals surface area contributed by atoms with Crippen molar-refractivity contribution >= 4 is 11.6 Å². The number of halogens is 3. The fourth-order valence-corrected chi connectivity index (χ4v) is 2.00. The summed E-state index contributed by atoms with van der Waals surface area (Å²) >= 11 is 5.62. The molecule has 1 saturated carbocycles. The van der Waals surface area contributed by atoms with Crippen LogP contribution in [0.4, 0.5) is 8.78 Å². The first-order chi connectivity index (χ1) is 10.1. The standard InChI is InChI=1S/C15H13ClF2N2O/c16-13-4-3-12(6-14(13)18)21-15-9(5-10(17)8-20-15)7-19-11-1-2-11/h3-6,8,11,19H,1-2,7H2. The molecule has 0 bridgehead atoms. The van der Waals surface area contributed by atoms with E-state index in [0.29, 0.717) is 18.2 Å². The van der Waals surface area contributed by atoms with Crippen LogP contribution in [0.15, 0.2) is 30.5 Å². The number of benzene rings is 1. The highest BCUT2D eigenvalue weighted by Gasteiger charge is 2.21. The summed E-state index contributed by atoms with van der Waals surface area (Å²) in [5.74, 6) is -0.485. The van der Waals surface area contributed by atoms with Gasteiger partial charge >= 0.3 is 0 Å². The Kier molecular flexibility index (Phi) is 4.03. The molecule has 3 rings (SSSR count). The van der Waals surface area contributed by atoms with Crippen LogP contribution in [0.5, 0.6) is 11.6 Å². The molecule has 0 atom stereocenters. The molecule has 1 heterocycles. The van der Waals surface area contributed by atoms with Crippen LogP contribution >= 0.6 is 11.6 Å². The summed E-state index contributed by atoms with van der Waals surface area (Å²) in [6.45, 7) is 0.459. The lowest BCUT2D eigenvalue weighted by Crippen LogP contribution is -2.16. The second-order valence-corrected chi connectivity index (χ2v) is 5.36. The van der Waals surface area contributed by atoms with Crippen LogP contribution in [0.2, 0.25) is 5.02 Å². The predicted molar refractivity (Wildman–Crippen MR) is 75.5 cm³/mol. The zero-order valence-electron chi connectivity index (χ0n) is 11.1. The molecular weight excluding hydrogens is 298 g/mol. The molecule has 1 aliphatic rings. The van der Waals surface area contributed by atoms with Gasteiger partial charge in [-0.3, -0.25) is 0 Å². The molecule has 2 aromatic rings. The molecule has 1 aromatic carbocycles. The van der Waals surface area contributed by atoms with Crippen molar-refractivity contribution in [3.05, 3.63) is 52.7 Å². The molecule has 110 valence electrons. The molecule has 0 spiro atoms. The summed E-state index contributed by atoms with van der Waals surface area (Å²) in [7, 11) is 0. The summed E-state index contributed by atoms with van der Waals surface area (Å²) in [6, 6.07) is 5.95. The molecule has 0 aliphatic heterocycles. The number of hydrogen-bond donors (Lipinski definition) is 1. The van der Waals surface area contributed by atoms with Crippen molar-refractivity contribution in [1.29, 1.82) is 0 Å². The first kappa shape index (κ1) is 14.2. The normalized spacial score (nSPS) is 14.2. The van der Waals surface area contributed by atoms with E-state index in [4.69, 9.17) is 16.3 Å². The maximum absolute atomic E-state index is 13.4. The van der Waals surface area contributed by atoms with Gasteiger partial charge in [0, 0.05) is 24.2 Å². The number of ether oxygens (including phenoxy) is 1. The quantitative estimate of drug-likeness (QED) is 0.904. The van der Waals surface area contributed by atoms with Gasteiger partial charge in [-0.25, -0.2) is 13.8 Å². The molecule has 0 unspecified atom stereocenters. The molecule has 1 aromatic heterocycles. The van der Waals surface area contributed by atoms with E-state index in [0.717, 1.165) is 19.0 Å². The van der Waals surface area contributed by atoms with E-state index in [1.165, 1.54) is 24.3 Å². The maximum Gasteiger partial charge on any atom is 0.223 e. The molecular formula is C15H13ClF2N2O. The number of nitrogens with one attached hydrogen (secondary N) is 1. The predicted octanol–water partition coefficient (Wildman–Crippen LogP) is 4.06. The van der Waals surface area contributed by atoms with E-state index in [-0.39, 0.29) is 16.7 Å². The highest BCUT2D eigenvalue weighted by atomic mass is 35.5. The molecule has 1 aliphatic carbocycles. The Labute approximate surface area is 125 Å². The van der Waals surface area contributed by atoms with Gasteiger partial charge in [0.25, 0.3) is 0 Å². The van der Waals surface area contributed by atoms with Gasteiger partial charge in [-0.2, -0.15) is 0 Å². The second kappa shape index (κ2) is 5.95. The van der Waals surface area contributed by atoms with Crippen molar-refractivity contribution < 1.29 is 13.5 Å². The third kappa shape index (κ3) is 3.68. The molecule has 1 fully saturated rings. The van der Waals surface area contributed by atoms with E-state index in [1.54, 1.807) is 0 Å². The van der Waals surface area contributed by atoms with E-state index in [9.17, 15) is 8.78 Å². The number of hydrogen-bond acceptors (Lipinski definition) is 3. The van der Waals surface area contributed by atoms with Crippen molar-refractivity contribution in [2.24, 2.45) is 0 Å². The Hall–Kier alpha value is -1.72. The van der Waals surface area contributed by atoms with Crippen molar-refractivity contribution in [2.45, 2.75) is 25.4 Å². The first-order valence-corrected chi connectivity index (χ1v) is 7.00. The highest BCUT2D eigenvalue weighted by Crippen LogP contribution is 2.27. The Morgan fingerprint density at radius 2 is 2.10 bits per heavy atom. The van der Waals surface area contributed by atoms with Gasteiger partial charge in [0.15, 0.2) is 0 Å². The first-order valence-electron chi connectivity index (χ1n) is 6.62. The summed E-state index contributed by atoms with van der Waals surface area (Å²) in [5, 5.41) is 3.28. The second-order valence-electron chi connectivity index (χ2n) is 4.95. The molecule has 0 amide bonds. The Morgan fingerprint density at radius 1 is 1.29 bits per heavy atom. The molecule has 0 radical (unpaired) electrons. The van der Waals surface area contributed by atoms with E-state index in [1.807, 2.05) is 0 Å². The fourth-order valence-electron chi connectivity index (χ4n) is 1.88. The van der Waals surface area contributed by atoms with Crippen LogP contribution in [0.1, 0.15) is 18.4 Å². The van der Waals surface area contributed by atoms with Gasteiger partial charge in [0.1, 0.15) is 17.4 Å². The Bertz CT molecular complexity index is 662. The Morgan fingerprint density at radius 3 is 2.81 bits per heavy atom. The van der Waals surface area contributed by atoms with Gasteiger partial charge in [-0.05, 0) is 31.0 Å². The van der Waals surface area contributed by atoms with Crippen LogP contribution in [-0.4, -0.2) is 11.0 Å². The third-order valence-electron chi connectivity index (χ3n) is 3.16. The highest BCUT2D eigenvalue weighted by molar-refractivity contribution is 6.30. The summed E-state index contributed by atoms with van der Waals surface area (Å²) in [5.41, 5.74) is 0.595. The van der Waals surface area contributed by atoms with Crippen LogP contribution < -0.4 is 10.1 Å². The lowest BCUT2D eigenvalue weighted by molar-refractivity contribution is 0.444. The van der Waals surface area contributed by atoms with Gasteiger partial charge in [-0.15, -0.1) is 0 Å². The van der Waals surface area contributed by atoms with Gasteiger partial charge < -0.3 is 10.1 Å². The molecule has 6 heteroatoms. The average molecular weight is 311 g/mol. The third-order valence-corrected chi connectivity index (χ3v) is 3.46. The fraction of sp³-hybridized carbons (Fsp3) is 0.267. The summed E-state index contributed by atoms with van der Waals surface area (Å²) < 4.78 is 32.3. The zero-order chi connectivity index (χ0) is 14.8. The van der Waals surface area contributed by atoms with Crippen molar-refractivity contribution in [1.82, 2.24) is 10.3 Å². The molecule has 1 N–H and O–H groups in total. The summed E-state index contributed by atoms with van der Waals surface area (Å²) in [6.07, 6.45) is 3.32. The van der Waals surface area contributed by atoms with E-state index < -0.39 is 11.6 Å². The summed E-state index contributed by atoms with van der Waals surface area (Å²) in [4.78, 5) is 3.93. The smallest absolute Gasteiger partial charge is 0.223 e. The lowest BCUT2D eigenvalue weighted by Gasteiger charge is -2.11.